The summed E-state index contributed by atoms with van der Waals surface area (Å²) in [6.07, 6.45) is 6.40. The van der Waals surface area contributed by atoms with Crippen molar-refractivity contribution in [2.45, 2.75) is 57.6 Å². The van der Waals surface area contributed by atoms with Crippen LogP contribution in [-0.2, 0) is 9.53 Å². The molecule has 2 fully saturated rings. The van der Waals surface area contributed by atoms with Crippen LogP contribution in [0.5, 0.6) is 0 Å². The van der Waals surface area contributed by atoms with Gasteiger partial charge in [0.15, 0.2) is 0 Å². The van der Waals surface area contributed by atoms with Crippen LogP contribution in [0.25, 0.3) is 0 Å². The summed E-state index contributed by atoms with van der Waals surface area (Å²) in [5, 5.41) is 0. The third-order valence-electron chi connectivity index (χ3n) is 4.32. The molecular formula is C14H24ClNO2. The molecule has 0 N–H and O–H groups in total. The van der Waals surface area contributed by atoms with E-state index in [1.165, 1.54) is 12.8 Å². The first kappa shape index (κ1) is 14.1. The van der Waals surface area contributed by atoms with Gasteiger partial charge in [-0.3, -0.25) is 4.79 Å². The fraction of sp³-hybridized carbons (Fsp3) is 0.929. The smallest absolute Gasteiger partial charge is 0.222 e. The highest BCUT2D eigenvalue weighted by molar-refractivity contribution is 6.18. The first-order valence-electron chi connectivity index (χ1n) is 7.19. The Balaban J connectivity index is 1.77. The number of hydrogen-bond donors (Lipinski definition) is 0. The van der Waals surface area contributed by atoms with Gasteiger partial charge in [-0.2, -0.15) is 0 Å². The lowest BCUT2D eigenvalue weighted by Gasteiger charge is -2.27. The Morgan fingerprint density at radius 1 is 1.39 bits per heavy atom. The lowest BCUT2D eigenvalue weighted by molar-refractivity contribution is -0.133. The molecule has 3 nitrogen and oxygen atoms in total. The molecule has 104 valence electrons. The van der Waals surface area contributed by atoms with Gasteiger partial charge in [0.05, 0.1) is 6.10 Å². The maximum atomic E-state index is 12.2. The molecule has 0 spiro atoms. The van der Waals surface area contributed by atoms with E-state index in [1.807, 2.05) is 4.90 Å². The molecule has 0 aliphatic carbocycles. The summed E-state index contributed by atoms with van der Waals surface area (Å²) in [6.45, 7) is 3.93. The van der Waals surface area contributed by atoms with Crippen LogP contribution in [0.15, 0.2) is 0 Å². The minimum absolute atomic E-state index is 0.242. The fourth-order valence-corrected chi connectivity index (χ4v) is 3.49. The Hall–Kier alpha value is -0.280. The number of carbonyl (C=O) groups excluding carboxylic acids is 1. The molecule has 18 heavy (non-hydrogen) atoms. The molecule has 4 heteroatoms. The van der Waals surface area contributed by atoms with Crippen LogP contribution in [0.2, 0.25) is 0 Å². The minimum Gasteiger partial charge on any atom is -0.378 e. The monoisotopic (exact) mass is 273 g/mol. The van der Waals surface area contributed by atoms with Crippen LogP contribution < -0.4 is 0 Å². The van der Waals surface area contributed by atoms with Gasteiger partial charge in [0, 0.05) is 31.5 Å². The first-order chi connectivity index (χ1) is 8.72. The Kier molecular flexibility index (Phi) is 5.31. The van der Waals surface area contributed by atoms with Gasteiger partial charge in [-0.15, -0.1) is 11.6 Å². The molecule has 0 aromatic carbocycles. The van der Waals surface area contributed by atoms with E-state index in [-0.39, 0.29) is 11.9 Å². The zero-order chi connectivity index (χ0) is 13.0. The van der Waals surface area contributed by atoms with Crippen LogP contribution in [0.3, 0.4) is 0 Å². The Morgan fingerprint density at radius 2 is 2.22 bits per heavy atom. The van der Waals surface area contributed by atoms with Crippen molar-refractivity contribution >= 4 is 17.5 Å². The molecule has 0 saturated carbocycles. The molecular weight excluding hydrogens is 250 g/mol. The van der Waals surface area contributed by atoms with Gasteiger partial charge < -0.3 is 9.64 Å². The highest BCUT2D eigenvalue weighted by Gasteiger charge is 2.33. The largest absolute Gasteiger partial charge is 0.378 e. The summed E-state index contributed by atoms with van der Waals surface area (Å²) in [4.78, 5) is 14.2. The van der Waals surface area contributed by atoms with E-state index in [4.69, 9.17) is 16.3 Å². The van der Waals surface area contributed by atoms with Crippen molar-refractivity contribution in [2.75, 3.05) is 19.0 Å². The van der Waals surface area contributed by atoms with E-state index in [2.05, 4.69) is 6.92 Å². The van der Waals surface area contributed by atoms with Crippen molar-refractivity contribution in [1.29, 1.82) is 0 Å². The second-order valence-electron chi connectivity index (χ2n) is 5.60. The van der Waals surface area contributed by atoms with Crippen molar-refractivity contribution < 1.29 is 9.53 Å². The second-order valence-corrected chi connectivity index (χ2v) is 5.91. The fourth-order valence-electron chi connectivity index (χ4n) is 3.02. The van der Waals surface area contributed by atoms with Crippen molar-refractivity contribution in [1.82, 2.24) is 4.90 Å². The third-order valence-corrected chi connectivity index (χ3v) is 4.63. The predicted octanol–water partition coefficient (Wildman–Crippen LogP) is 2.81. The van der Waals surface area contributed by atoms with E-state index in [0.717, 1.165) is 32.4 Å². The number of hydrogen-bond acceptors (Lipinski definition) is 2. The second kappa shape index (κ2) is 6.76. The number of carbonyl (C=O) groups is 1. The predicted molar refractivity (Wildman–Crippen MR) is 72.8 cm³/mol. The Morgan fingerprint density at radius 3 is 2.89 bits per heavy atom. The molecule has 0 aromatic rings. The molecule has 2 aliphatic rings. The molecule has 3 unspecified atom stereocenters. The van der Waals surface area contributed by atoms with Gasteiger partial charge in [-0.05, 0) is 38.0 Å². The van der Waals surface area contributed by atoms with Gasteiger partial charge in [-0.1, -0.05) is 6.92 Å². The van der Waals surface area contributed by atoms with Gasteiger partial charge in [0.25, 0.3) is 0 Å². The van der Waals surface area contributed by atoms with Gasteiger partial charge >= 0.3 is 0 Å². The summed E-state index contributed by atoms with van der Waals surface area (Å²) in [5.41, 5.74) is 0. The highest BCUT2D eigenvalue weighted by Crippen LogP contribution is 2.26. The zero-order valence-corrected chi connectivity index (χ0v) is 12.0. The van der Waals surface area contributed by atoms with Gasteiger partial charge in [0.1, 0.15) is 0 Å². The molecule has 0 bridgehead atoms. The number of nitrogens with zero attached hydrogens (tertiary/aromatic N) is 1. The zero-order valence-electron chi connectivity index (χ0n) is 11.2. The average Bonchev–Trinajstić information content (AvgIpc) is 2.78. The standard InChI is InChI=1S/C14H24ClNO2/c1-11-7-8-16(13(11)10-15)14(17)6-5-12-4-2-3-9-18-12/h11-13H,2-10H2,1H3. The van der Waals surface area contributed by atoms with E-state index in [1.54, 1.807) is 0 Å². The van der Waals surface area contributed by atoms with Crippen LogP contribution >= 0.6 is 11.6 Å². The van der Waals surface area contributed by atoms with Crippen LogP contribution in [-0.4, -0.2) is 42.0 Å². The van der Waals surface area contributed by atoms with Crippen molar-refractivity contribution in [3.8, 4) is 0 Å². The van der Waals surface area contributed by atoms with Crippen molar-refractivity contribution in [2.24, 2.45) is 5.92 Å². The first-order valence-corrected chi connectivity index (χ1v) is 7.73. The summed E-state index contributed by atoms with van der Waals surface area (Å²) < 4.78 is 5.67. The number of ether oxygens (including phenoxy) is 1. The average molecular weight is 274 g/mol. The number of likely N-dealkylation sites (tertiary alicyclic amines) is 1. The van der Waals surface area contributed by atoms with Crippen molar-refractivity contribution in [3.05, 3.63) is 0 Å². The summed E-state index contributed by atoms with van der Waals surface area (Å²) in [7, 11) is 0. The maximum Gasteiger partial charge on any atom is 0.222 e. The topological polar surface area (TPSA) is 29.5 Å². The summed E-state index contributed by atoms with van der Waals surface area (Å²) in [5.74, 6) is 1.36. The molecule has 2 saturated heterocycles. The van der Waals surface area contributed by atoms with E-state index in [9.17, 15) is 4.79 Å². The molecule has 3 atom stereocenters. The maximum absolute atomic E-state index is 12.2. The number of rotatable bonds is 4. The molecule has 2 heterocycles. The van der Waals surface area contributed by atoms with Crippen LogP contribution in [0, 0.1) is 5.92 Å². The molecule has 2 rings (SSSR count). The molecule has 2 aliphatic heterocycles. The Bertz CT molecular complexity index is 279. The SMILES string of the molecule is CC1CCN(C(=O)CCC2CCCCO2)C1CCl. The number of alkyl halides is 1. The molecule has 1 amide bonds. The number of amides is 1. The quantitative estimate of drug-likeness (QED) is 0.737. The van der Waals surface area contributed by atoms with Gasteiger partial charge in [-0.25, -0.2) is 0 Å². The minimum atomic E-state index is 0.242. The van der Waals surface area contributed by atoms with Gasteiger partial charge in [0.2, 0.25) is 5.91 Å². The lowest BCUT2D eigenvalue weighted by atomic mass is 10.0. The third kappa shape index (κ3) is 3.39. The summed E-state index contributed by atoms with van der Waals surface area (Å²) >= 11 is 5.97. The normalized spacial score (nSPS) is 32.8. The molecule has 0 aromatic heterocycles. The summed E-state index contributed by atoms with van der Waals surface area (Å²) in [6, 6.07) is 0.242. The van der Waals surface area contributed by atoms with Crippen molar-refractivity contribution in [3.63, 3.8) is 0 Å². The molecule has 0 radical (unpaired) electrons. The lowest BCUT2D eigenvalue weighted by Crippen LogP contribution is -2.39. The van der Waals surface area contributed by atoms with E-state index < -0.39 is 0 Å². The highest BCUT2D eigenvalue weighted by atomic mass is 35.5. The van der Waals surface area contributed by atoms with E-state index in [0.29, 0.717) is 24.3 Å². The van der Waals surface area contributed by atoms with E-state index >= 15 is 0 Å². The Labute approximate surface area is 115 Å². The number of halogens is 1. The van der Waals surface area contributed by atoms with Crippen LogP contribution in [0.1, 0.15) is 45.4 Å². The van der Waals surface area contributed by atoms with Crippen LogP contribution in [0.4, 0.5) is 0 Å².